The Bertz CT molecular complexity index is 388. The summed E-state index contributed by atoms with van der Waals surface area (Å²) in [6.45, 7) is 3.31. The Morgan fingerprint density at radius 3 is 2.72 bits per heavy atom. The molecular weight excluding hydrogens is 357 g/mol. The van der Waals surface area contributed by atoms with E-state index in [-0.39, 0.29) is 0 Å². The average molecular weight is 378 g/mol. The minimum absolute atomic E-state index is 0.488. The maximum atomic E-state index is 6.26. The van der Waals surface area contributed by atoms with Gasteiger partial charge in [0.25, 0.3) is 0 Å². The van der Waals surface area contributed by atoms with Gasteiger partial charge in [0.2, 0.25) is 0 Å². The van der Waals surface area contributed by atoms with Crippen LogP contribution in [0.5, 0.6) is 0 Å². The molecule has 1 fully saturated rings. The fraction of sp³-hybridized carbons (Fsp3) is 0.600. The third-order valence-corrected chi connectivity index (χ3v) is 5.36. The first-order valence-corrected chi connectivity index (χ1v) is 8.36. The highest BCUT2D eigenvalue weighted by molar-refractivity contribution is 14.1. The summed E-state index contributed by atoms with van der Waals surface area (Å²) in [5.41, 5.74) is 1.36. The van der Waals surface area contributed by atoms with Crippen LogP contribution < -0.4 is 5.32 Å². The van der Waals surface area contributed by atoms with E-state index < -0.39 is 0 Å². The van der Waals surface area contributed by atoms with Crippen LogP contribution in [-0.2, 0) is 0 Å². The van der Waals surface area contributed by atoms with Gasteiger partial charge in [-0.3, -0.25) is 0 Å². The first kappa shape index (κ1) is 14.6. The van der Waals surface area contributed by atoms with Gasteiger partial charge in [-0.05, 0) is 72.0 Å². The summed E-state index contributed by atoms with van der Waals surface area (Å²) in [5.74, 6) is 0.785. The van der Waals surface area contributed by atoms with Crippen molar-refractivity contribution in [3.8, 4) is 0 Å². The molecule has 1 nitrogen and oxygen atoms in total. The summed E-state index contributed by atoms with van der Waals surface area (Å²) >= 11 is 8.55. The summed E-state index contributed by atoms with van der Waals surface area (Å²) in [4.78, 5) is 0. The van der Waals surface area contributed by atoms with E-state index in [1.54, 1.807) is 0 Å². The van der Waals surface area contributed by atoms with Crippen molar-refractivity contribution in [3.63, 3.8) is 0 Å². The zero-order chi connectivity index (χ0) is 13.0. The van der Waals surface area contributed by atoms with E-state index in [1.165, 1.54) is 37.7 Å². The van der Waals surface area contributed by atoms with Crippen molar-refractivity contribution < 1.29 is 0 Å². The number of hydrogen-bond donors (Lipinski definition) is 1. The van der Waals surface area contributed by atoms with E-state index in [1.807, 2.05) is 0 Å². The fourth-order valence-electron chi connectivity index (χ4n) is 2.85. The molecule has 1 saturated carbocycles. The molecule has 1 unspecified atom stereocenters. The molecule has 3 heteroatoms. The van der Waals surface area contributed by atoms with Gasteiger partial charge in [-0.15, -0.1) is 0 Å². The van der Waals surface area contributed by atoms with Crippen molar-refractivity contribution in [3.05, 3.63) is 32.4 Å². The molecule has 1 aliphatic carbocycles. The zero-order valence-corrected chi connectivity index (χ0v) is 13.8. The molecular formula is C15H21ClIN. The molecule has 1 aromatic carbocycles. The minimum Gasteiger partial charge on any atom is -0.310 e. The number of halogens is 2. The van der Waals surface area contributed by atoms with Crippen molar-refractivity contribution in [2.75, 3.05) is 6.54 Å². The van der Waals surface area contributed by atoms with E-state index >= 15 is 0 Å². The van der Waals surface area contributed by atoms with Crippen molar-refractivity contribution in [1.82, 2.24) is 5.32 Å². The van der Waals surface area contributed by atoms with Crippen LogP contribution in [0.15, 0.2) is 18.2 Å². The Balaban J connectivity index is 2.17. The van der Waals surface area contributed by atoms with E-state index in [0.29, 0.717) is 6.04 Å². The van der Waals surface area contributed by atoms with Gasteiger partial charge in [0.1, 0.15) is 0 Å². The normalized spacial score (nSPS) is 18.2. The molecule has 1 N–H and O–H groups in total. The van der Waals surface area contributed by atoms with Crippen molar-refractivity contribution in [2.45, 2.75) is 45.1 Å². The second-order valence-corrected chi connectivity index (χ2v) is 6.72. The number of rotatable bonds is 5. The van der Waals surface area contributed by atoms with Crippen LogP contribution in [0, 0.1) is 9.49 Å². The number of hydrogen-bond acceptors (Lipinski definition) is 1. The Morgan fingerprint density at radius 1 is 1.39 bits per heavy atom. The lowest BCUT2D eigenvalue weighted by molar-refractivity contribution is 0.368. The highest BCUT2D eigenvalue weighted by atomic mass is 127. The zero-order valence-electron chi connectivity index (χ0n) is 10.9. The SMILES string of the molecule is CCCNC(c1ccc(I)c(Cl)c1)C1CCCC1. The molecule has 0 spiro atoms. The number of benzene rings is 1. The van der Waals surface area contributed by atoms with E-state index in [4.69, 9.17) is 11.6 Å². The lowest BCUT2D eigenvalue weighted by Crippen LogP contribution is -2.27. The van der Waals surface area contributed by atoms with Gasteiger partial charge in [-0.2, -0.15) is 0 Å². The van der Waals surface area contributed by atoms with Crippen molar-refractivity contribution in [1.29, 1.82) is 0 Å². The lowest BCUT2D eigenvalue weighted by Gasteiger charge is -2.25. The Kier molecular flexibility index (Phi) is 5.77. The molecule has 1 atom stereocenters. The molecule has 0 aliphatic heterocycles. The van der Waals surface area contributed by atoms with Gasteiger partial charge in [0.15, 0.2) is 0 Å². The summed E-state index contributed by atoms with van der Waals surface area (Å²) in [6.07, 6.45) is 6.65. The molecule has 0 heterocycles. The molecule has 1 aromatic rings. The molecule has 18 heavy (non-hydrogen) atoms. The predicted octanol–water partition coefficient (Wildman–Crippen LogP) is 5.18. The van der Waals surface area contributed by atoms with E-state index in [0.717, 1.165) is 21.1 Å². The first-order chi connectivity index (χ1) is 8.72. The molecule has 2 rings (SSSR count). The van der Waals surface area contributed by atoms with Crippen LogP contribution in [0.25, 0.3) is 0 Å². The van der Waals surface area contributed by atoms with Crippen LogP contribution in [0.1, 0.15) is 50.6 Å². The standard InChI is InChI=1S/C15H21ClIN/c1-2-9-18-15(11-5-3-4-6-11)12-7-8-14(17)13(16)10-12/h7-8,10-11,15,18H,2-6,9H2,1H3. The third-order valence-electron chi connectivity index (χ3n) is 3.79. The van der Waals surface area contributed by atoms with Gasteiger partial charge < -0.3 is 5.32 Å². The van der Waals surface area contributed by atoms with Gasteiger partial charge >= 0.3 is 0 Å². The van der Waals surface area contributed by atoms with Gasteiger partial charge in [-0.1, -0.05) is 37.4 Å². The van der Waals surface area contributed by atoms with Crippen LogP contribution in [0.4, 0.5) is 0 Å². The molecule has 0 amide bonds. The predicted molar refractivity (Wildman–Crippen MR) is 87.2 cm³/mol. The quantitative estimate of drug-likeness (QED) is 0.698. The Hall–Kier alpha value is 0.200. The average Bonchev–Trinajstić information content (AvgIpc) is 2.88. The summed E-state index contributed by atoms with van der Waals surface area (Å²) in [6, 6.07) is 7.00. The molecule has 0 bridgehead atoms. The van der Waals surface area contributed by atoms with Gasteiger partial charge in [0.05, 0.1) is 5.02 Å². The Morgan fingerprint density at radius 2 is 2.11 bits per heavy atom. The molecule has 0 aromatic heterocycles. The lowest BCUT2D eigenvalue weighted by atomic mass is 9.91. The fourth-order valence-corrected chi connectivity index (χ4v) is 3.38. The second kappa shape index (κ2) is 7.11. The van der Waals surface area contributed by atoms with Gasteiger partial charge in [0, 0.05) is 9.61 Å². The highest BCUT2D eigenvalue weighted by Gasteiger charge is 2.26. The van der Waals surface area contributed by atoms with Crippen molar-refractivity contribution >= 4 is 34.2 Å². The van der Waals surface area contributed by atoms with E-state index in [2.05, 4.69) is 53.0 Å². The summed E-state index contributed by atoms with van der Waals surface area (Å²) in [5, 5.41) is 4.60. The van der Waals surface area contributed by atoms with Gasteiger partial charge in [-0.25, -0.2) is 0 Å². The monoisotopic (exact) mass is 377 g/mol. The highest BCUT2D eigenvalue weighted by Crippen LogP contribution is 2.36. The van der Waals surface area contributed by atoms with E-state index in [9.17, 15) is 0 Å². The largest absolute Gasteiger partial charge is 0.310 e. The maximum Gasteiger partial charge on any atom is 0.0542 e. The topological polar surface area (TPSA) is 12.0 Å². The van der Waals surface area contributed by atoms with Crippen molar-refractivity contribution in [2.24, 2.45) is 5.92 Å². The summed E-state index contributed by atoms with van der Waals surface area (Å²) < 4.78 is 1.14. The summed E-state index contributed by atoms with van der Waals surface area (Å²) in [7, 11) is 0. The second-order valence-electron chi connectivity index (χ2n) is 5.15. The molecule has 0 radical (unpaired) electrons. The first-order valence-electron chi connectivity index (χ1n) is 6.90. The van der Waals surface area contributed by atoms with Crippen LogP contribution >= 0.6 is 34.2 Å². The minimum atomic E-state index is 0.488. The number of nitrogens with one attached hydrogen (secondary N) is 1. The van der Waals surface area contributed by atoms with Crippen LogP contribution in [0.3, 0.4) is 0 Å². The van der Waals surface area contributed by atoms with Crippen LogP contribution in [0.2, 0.25) is 5.02 Å². The molecule has 0 saturated heterocycles. The van der Waals surface area contributed by atoms with Crippen LogP contribution in [-0.4, -0.2) is 6.54 Å². The molecule has 1 aliphatic rings. The Labute approximate surface area is 129 Å². The molecule has 100 valence electrons. The smallest absolute Gasteiger partial charge is 0.0542 e. The third kappa shape index (κ3) is 3.61. The maximum absolute atomic E-state index is 6.26.